The van der Waals surface area contributed by atoms with E-state index in [4.69, 9.17) is 25.5 Å². The van der Waals surface area contributed by atoms with E-state index in [0.29, 0.717) is 17.9 Å². The lowest BCUT2D eigenvalue weighted by molar-refractivity contribution is 0.123. The van der Waals surface area contributed by atoms with Gasteiger partial charge in [0.1, 0.15) is 5.52 Å². The summed E-state index contributed by atoms with van der Waals surface area (Å²) >= 11 is 0. The van der Waals surface area contributed by atoms with Crippen LogP contribution >= 0.6 is 0 Å². The van der Waals surface area contributed by atoms with Crippen molar-refractivity contribution in [1.82, 2.24) is 19.7 Å². The third-order valence-corrected chi connectivity index (χ3v) is 6.82. The van der Waals surface area contributed by atoms with Crippen LogP contribution in [0.1, 0.15) is 43.3 Å². The molecule has 0 radical (unpaired) electrons. The van der Waals surface area contributed by atoms with Gasteiger partial charge < -0.3 is 15.4 Å². The topological polar surface area (TPSA) is 82.1 Å². The van der Waals surface area contributed by atoms with E-state index in [9.17, 15) is 0 Å². The molecule has 7 heteroatoms. The summed E-state index contributed by atoms with van der Waals surface area (Å²) in [5, 5.41) is 5.00. The Labute approximate surface area is 176 Å². The van der Waals surface area contributed by atoms with E-state index < -0.39 is 0 Å². The minimum absolute atomic E-state index is 0.478. The number of nitrogens with zero attached hydrogens (tertiary/aromatic N) is 5. The lowest BCUT2D eigenvalue weighted by Crippen LogP contribution is -2.36. The lowest BCUT2D eigenvalue weighted by Gasteiger charge is -2.34. The van der Waals surface area contributed by atoms with Crippen molar-refractivity contribution in [2.24, 2.45) is 11.7 Å². The molecule has 6 rings (SSSR count). The largest absolute Gasteiger partial charge is 0.378 e. The molecule has 0 spiro atoms. The Bertz CT molecular complexity index is 1060. The highest BCUT2D eigenvalue weighted by Crippen LogP contribution is 2.45. The number of ether oxygens (including phenoxy) is 1. The normalized spacial score (nSPS) is 24.2. The van der Waals surface area contributed by atoms with Crippen LogP contribution in [0.4, 0.5) is 5.69 Å². The van der Waals surface area contributed by atoms with Crippen molar-refractivity contribution in [3.8, 4) is 11.3 Å². The smallest absolute Gasteiger partial charge is 0.112 e. The van der Waals surface area contributed by atoms with Crippen LogP contribution in [0.15, 0.2) is 30.6 Å². The van der Waals surface area contributed by atoms with Gasteiger partial charge in [-0.2, -0.15) is 5.10 Å². The van der Waals surface area contributed by atoms with Crippen molar-refractivity contribution in [1.29, 1.82) is 0 Å². The molecule has 7 nitrogen and oxygen atoms in total. The molecule has 1 saturated heterocycles. The van der Waals surface area contributed by atoms with E-state index in [0.717, 1.165) is 73.7 Å². The fourth-order valence-electron chi connectivity index (χ4n) is 4.77. The first-order chi connectivity index (χ1) is 14.8. The predicted molar refractivity (Wildman–Crippen MR) is 117 cm³/mol. The molecule has 3 fully saturated rings. The van der Waals surface area contributed by atoms with E-state index in [2.05, 4.69) is 34.0 Å². The molecular weight excluding hydrogens is 376 g/mol. The van der Waals surface area contributed by atoms with Crippen LogP contribution < -0.4 is 10.6 Å². The van der Waals surface area contributed by atoms with Crippen molar-refractivity contribution >= 4 is 16.7 Å². The Kier molecular flexibility index (Phi) is 4.46. The molecule has 3 aliphatic rings. The van der Waals surface area contributed by atoms with Crippen molar-refractivity contribution < 1.29 is 4.74 Å². The zero-order chi connectivity index (χ0) is 20.1. The molecule has 1 aromatic carbocycles. The Balaban J connectivity index is 1.36. The average Bonchev–Trinajstić information content (AvgIpc) is 3.52. The first kappa shape index (κ1) is 18.3. The minimum Gasteiger partial charge on any atom is -0.378 e. The van der Waals surface area contributed by atoms with Crippen LogP contribution in [-0.4, -0.2) is 52.6 Å². The first-order valence-corrected chi connectivity index (χ1v) is 11.2. The summed E-state index contributed by atoms with van der Waals surface area (Å²) in [5.41, 5.74) is 12.2. The van der Waals surface area contributed by atoms with Crippen LogP contribution in [0.3, 0.4) is 0 Å². The standard InChI is InChI=1S/C23H28N6O/c24-12-15-10-17(11-15)29-14-18(22(27-29)16-4-5-16)20-13-25-23-19(26-20)2-1-3-21(23)28-6-8-30-9-7-28/h1-3,13-17H,4-12,24H2. The third kappa shape index (κ3) is 3.17. The molecule has 0 amide bonds. The van der Waals surface area contributed by atoms with E-state index in [-0.39, 0.29) is 0 Å². The minimum atomic E-state index is 0.478. The molecule has 1 aliphatic heterocycles. The quantitative estimate of drug-likeness (QED) is 0.704. The Morgan fingerprint density at radius 2 is 1.97 bits per heavy atom. The van der Waals surface area contributed by atoms with Gasteiger partial charge in [-0.15, -0.1) is 0 Å². The van der Waals surface area contributed by atoms with Gasteiger partial charge in [-0.05, 0) is 50.3 Å². The number of hydrogen-bond donors (Lipinski definition) is 1. The van der Waals surface area contributed by atoms with Crippen LogP contribution in [0.2, 0.25) is 0 Å². The molecule has 2 aromatic heterocycles. The summed E-state index contributed by atoms with van der Waals surface area (Å²) in [4.78, 5) is 12.2. The zero-order valence-electron chi connectivity index (χ0n) is 17.2. The van der Waals surface area contributed by atoms with E-state index in [1.54, 1.807) is 0 Å². The molecule has 0 unspecified atom stereocenters. The molecular formula is C23H28N6O. The fraction of sp³-hybridized carbons (Fsp3) is 0.522. The second-order valence-corrected chi connectivity index (χ2v) is 8.91. The Hall–Kier alpha value is -2.51. The number of anilines is 1. The highest BCUT2D eigenvalue weighted by molar-refractivity contribution is 5.89. The van der Waals surface area contributed by atoms with Crippen molar-refractivity contribution in [3.05, 3.63) is 36.3 Å². The van der Waals surface area contributed by atoms with Crippen LogP contribution in [0, 0.1) is 5.92 Å². The van der Waals surface area contributed by atoms with Crippen molar-refractivity contribution in [2.45, 2.75) is 37.6 Å². The maximum absolute atomic E-state index is 5.82. The zero-order valence-corrected chi connectivity index (χ0v) is 17.2. The summed E-state index contributed by atoms with van der Waals surface area (Å²) in [6.07, 6.45) is 8.85. The third-order valence-electron chi connectivity index (χ3n) is 6.82. The van der Waals surface area contributed by atoms with Gasteiger partial charge in [0.05, 0.1) is 48.0 Å². The van der Waals surface area contributed by atoms with Gasteiger partial charge in [0.2, 0.25) is 0 Å². The van der Waals surface area contributed by atoms with Gasteiger partial charge in [0.15, 0.2) is 0 Å². The maximum atomic E-state index is 5.82. The summed E-state index contributed by atoms with van der Waals surface area (Å²) < 4.78 is 7.68. The average molecular weight is 405 g/mol. The predicted octanol–water partition coefficient (Wildman–Crippen LogP) is 3.12. The van der Waals surface area contributed by atoms with Gasteiger partial charge >= 0.3 is 0 Å². The SMILES string of the molecule is NCC1CC(n2cc(-c3cnc4c(N5CCOCC5)cccc4n3)c(C3CC3)n2)C1. The summed E-state index contributed by atoms with van der Waals surface area (Å²) in [6.45, 7) is 4.09. The molecule has 0 atom stereocenters. The van der Waals surface area contributed by atoms with Gasteiger partial charge in [-0.25, -0.2) is 4.98 Å². The second-order valence-electron chi connectivity index (χ2n) is 8.91. The van der Waals surface area contributed by atoms with E-state index in [1.807, 2.05) is 6.20 Å². The van der Waals surface area contributed by atoms with E-state index >= 15 is 0 Å². The summed E-state index contributed by atoms with van der Waals surface area (Å²) in [5.74, 6) is 1.22. The molecule has 2 aliphatic carbocycles. The number of rotatable bonds is 5. The summed E-state index contributed by atoms with van der Waals surface area (Å²) in [7, 11) is 0. The van der Waals surface area contributed by atoms with E-state index in [1.165, 1.54) is 18.5 Å². The molecule has 0 bridgehead atoms. The number of hydrogen-bond acceptors (Lipinski definition) is 6. The molecule has 2 N–H and O–H groups in total. The summed E-state index contributed by atoms with van der Waals surface area (Å²) in [6, 6.07) is 6.76. The number of morpholine rings is 1. The van der Waals surface area contributed by atoms with Gasteiger partial charge in [-0.1, -0.05) is 6.07 Å². The lowest BCUT2D eigenvalue weighted by atomic mass is 9.80. The van der Waals surface area contributed by atoms with Gasteiger partial charge in [0.25, 0.3) is 0 Å². The highest BCUT2D eigenvalue weighted by Gasteiger charge is 2.34. The number of aromatic nitrogens is 4. The van der Waals surface area contributed by atoms with Crippen LogP contribution in [-0.2, 0) is 4.74 Å². The maximum Gasteiger partial charge on any atom is 0.112 e. The Morgan fingerprint density at radius 3 is 2.73 bits per heavy atom. The number of benzene rings is 1. The van der Waals surface area contributed by atoms with Crippen LogP contribution in [0.5, 0.6) is 0 Å². The number of nitrogens with two attached hydrogens (primary N) is 1. The molecule has 3 heterocycles. The molecule has 2 saturated carbocycles. The molecule has 156 valence electrons. The molecule has 30 heavy (non-hydrogen) atoms. The highest BCUT2D eigenvalue weighted by atomic mass is 16.5. The Morgan fingerprint density at radius 1 is 1.13 bits per heavy atom. The number of para-hydroxylation sites is 1. The van der Waals surface area contributed by atoms with Crippen molar-refractivity contribution in [3.63, 3.8) is 0 Å². The monoisotopic (exact) mass is 404 g/mol. The van der Waals surface area contributed by atoms with Gasteiger partial charge in [0, 0.05) is 30.8 Å². The second kappa shape index (κ2) is 7.32. The van der Waals surface area contributed by atoms with Crippen molar-refractivity contribution in [2.75, 3.05) is 37.7 Å². The fourth-order valence-corrected chi connectivity index (χ4v) is 4.77. The first-order valence-electron chi connectivity index (χ1n) is 11.2. The molecule has 3 aromatic rings. The van der Waals surface area contributed by atoms with Crippen LogP contribution in [0.25, 0.3) is 22.3 Å². The number of fused-ring (bicyclic) bond motifs is 1. The van der Waals surface area contributed by atoms with Gasteiger partial charge in [-0.3, -0.25) is 9.67 Å².